The van der Waals surface area contributed by atoms with Crippen LogP contribution in [0.1, 0.15) is 21.5 Å². The lowest BCUT2D eigenvalue weighted by Crippen LogP contribution is -2.26. The van der Waals surface area contributed by atoms with Crippen LogP contribution in [0.4, 0.5) is 8.78 Å². The van der Waals surface area contributed by atoms with Crippen molar-refractivity contribution in [3.05, 3.63) is 58.1 Å². The first-order valence-electron chi connectivity index (χ1n) is 7.18. The van der Waals surface area contributed by atoms with Crippen LogP contribution in [0.15, 0.2) is 36.4 Å². The van der Waals surface area contributed by atoms with E-state index in [9.17, 15) is 13.6 Å². The molecule has 0 bridgehead atoms. The van der Waals surface area contributed by atoms with Crippen molar-refractivity contribution in [2.24, 2.45) is 0 Å². The van der Waals surface area contributed by atoms with Gasteiger partial charge in [0.25, 0.3) is 5.91 Å². The van der Waals surface area contributed by atoms with Gasteiger partial charge in [0, 0.05) is 18.1 Å². The molecule has 0 aromatic heterocycles. The largest absolute Gasteiger partial charge is 0.493 e. The summed E-state index contributed by atoms with van der Waals surface area (Å²) in [5.41, 5.74) is 1.83. The quantitative estimate of drug-likeness (QED) is 0.830. The fourth-order valence-electron chi connectivity index (χ4n) is 2.75. The summed E-state index contributed by atoms with van der Waals surface area (Å²) < 4.78 is 35.0. The molecule has 0 atom stereocenters. The molecule has 0 unspecified atom stereocenters. The number of ether oxygens (including phenoxy) is 2. The maximum Gasteiger partial charge on any atom is 0.387 e. The summed E-state index contributed by atoms with van der Waals surface area (Å²) in [6, 6.07) is 9.91. The van der Waals surface area contributed by atoms with Gasteiger partial charge in [-0.2, -0.15) is 8.78 Å². The minimum absolute atomic E-state index is 0.0265. The highest BCUT2D eigenvalue weighted by Gasteiger charge is 2.29. The van der Waals surface area contributed by atoms with Crippen LogP contribution in [0, 0.1) is 0 Å². The topological polar surface area (TPSA) is 38.8 Å². The average molecular weight is 354 g/mol. The van der Waals surface area contributed by atoms with E-state index in [1.54, 1.807) is 12.1 Å². The first-order chi connectivity index (χ1) is 11.5. The van der Waals surface area contributed by atoms with Crippen molar-refractivity contribution in [3.63, 3.8) is 0 Å². The minimum atomic E-state index is -3.06. The summed E-state index contributed by atoms with van der Waals surface area (Å²) in [5, 5.41) is 0.581. The van der Waals surface area contributed by atoms with Crippen molar-refractivity contribution < 1.29 is 23.0 Å². The van der Waals surface area contributed by atoms with Crippen LogP contribution in [0.3, 0.4) is 0 Å². The molecule has 0 saturated heterocycles. The lowest BCUT2D eigenvalue weighted by Gasteiger charge is -2.19. The predicted octanol–water partition coefficient (Wildman–Crippen LogP) is 4.11. The summed E-state index contributed by atoms with van der Waals surface area (Å²) in [4.78, 5) is 14.3. The zero-order valence-corrected chi connectivity index (χ0v) is 13.5. The van der Waals surface area contributed by atoms with Crippen molar-refractivity contribution in [1.29, 1.82) is 0 Å². The van der Waals surface area contributed by atoms with E-state index in [1.807, 2.05) is 12.1 Å². The highest BCUT2D eigenvalue weighted by atomic mass is 35.5. The number of hydrogen-bond donors (Lipinski definition) is 0. The minimum Gasteiger partial charge on any atom is -0.493 e. The van der Waals surface area contributed by atoms with Gasteiger partial charge in [-0.15, -0.1) is 0 Å². The third-order valence-corrected chi connectivity index (χ3v) is 4.20. The fraction of sp³-hybridized carbons (Fsp3) is 0.235. The summed E-state index contributed by atoms with van der Waals surface area (Å²) in [7, 11) is 1.33. The number of benzene rings is 2. The molecular formula is C17H14ClF2NO3. The maximum atomic E-state index is 12.8. The van der Waals surface area contributed by atoms with Gasteiger partial charge in [0.15, 0.2) is 11.5 Å². The van der Waals surface area contributed by atoms with Crippen LogP contribution in [0.2, 0.25) is 5.02 Å². The third kappa shape index (κ3) is 3.01. The Hall–Kier alpha value is -2.34. The third-order valence-electron chi connectivity index (χ3n) is 3.85. The Balaban J connectivity index is 1.93. The Labute approximate surface area is 142 Å². The lowest BCUT2D eigenvalue weighted by molar-refractivity contribution is -0.0516. The number of hydrogen-bond acceptors (Lipinski definition) is 3. The molecule has 2 aromatic rings. The molecule has 24 heavy (non-hydrogen) atoms. The average Bonchev–Trinajstić information content (AvgIpc) is 2.99. The van der Waals surface area contributed by atoms with E-state index < -0.39 is 12.5 Å². The van der Waals surface area contributed by atoms with Gasteiger partial charge in [0.05, 0.1) is 12.7 Å². The van der Waals surface area contributed by atoms with Gasteiger partial charge >= 0.3 is 6.61 Å². The van der Waals surface area contributed by atoms with E-state index >= 15 is 0 Å². The Morgan fingerprint density at radius 1 is 1.21 bits per heavy atom. The molecule has 4 nitrogen and oxygen atoms in total. The Morgan fingerprint density at radius 2 is 1.96 bits per heavy atom. The first kappa shape index (κ1) is 16.5. The monoisotopic (exact) mass is 353 g/mol. The van der Waals surface area contributed by atoms with Gasteiger partial charge in [-0.3, -0.25) is 4.79 Å². The van der Waals surface area contributed by atoms with Crippen molar-refractivity contribution >= 4 is 17.5 Å². The summed E-state index contributed by atoms with van der Waals surface area (Å²) in [6.07, 6.45) is 0. The van der Waals surface area contributed by atoms with E-state index in [0.29, 0.717) is 18.1 Å². The fourth-order valence-corrected chi connectivity index (χ4v) is 3.00. The number of para-hydroxylation sites is 1. The second-order valence-electron chi connectivity index (χ2n) is 5.25. The zero-order chi connectivity index (χ0) is 17.3. The highest BCUT2D eigenvalue weighted by Crippen LogP contribution is 2.36. The molecular weight excluding hydrogens is 340 g/mol. The second-order valence-corrected chi connectivity index (χ2v) is 5.66. The molecule has 0 fully saturated rings. The van der Waals surface area contributed by atoms with Crippen molar-refractivity contribution in [1.82, 2.24) is 4.90 Å². The molecule has 7 heteroatoms. The number of halogens is 3. The number of rotatable bonds is 4. The van der Waals surface area contributed by atoms with E-state index in [4.69, 9.17) is 16.3 Å². The maximum absolute atomic E-state index is 12.8. The molecule has 1 aliphatic heterocycles. The smallest absolute Gasteiger partial charge is 0.387 e. The van der Waals surface area contributed by atoms with Crippen molar-refractivity contribution in [2.75, 3.05) is 7.11 Å². The van der Waals surface area contributed by atoms with Crippen LogP contribution in [0.25, 0.3) is 0 Å². The van der Waals surface area contributed by atoms with Crippen LogP contribution in [-0.2, 0) is 13.1 Å². The number of alkyl halides is 2. The number of methoxy groups -OCH3 is 1. The molecule has 0 spiro atoms. The molecule has 2 aromatic carbocycles. The van der Waals surface area contributed by atoms with Crippen molar-refractivity contribution in [3.8, 4) is 11.5 Å². The summed E-state index contributed by atoms with van der Waals surface area (Å²) in [6.45, 7) is -2.38. The molecule has 1 heterocycles. The Bertz CT molecular complexity index is 782. The number of carbonyl (C=O) groups is 1. The Morgan fingerprint density at radius 3 is 2.62 bits per heavy atom. The highest BCUT2D eigenvalue weighted by molar-refractivity contribution is 6.31. The normalized spacial score (nSPS) is 13.1. The van der Waals surface area contributed by atoms with Crippen molar-refractivity contribution in [2.45, 2.75) is 19.7 Å². The van der Waals surface area contributed by atoms with Crippen LogP contribution in [-0.4, -0.2) is 24.5 Å². The number of fused-ring (bicyclic) bond motifs is 1. The summed E-state index contributed by atoms with van der Waals surface area (Å²) >= 11 is 6.15. The second kappa shape index (κ2) is 6.65. The van der Waals surface area contributed by atoms with Gasteiger partial charge in [-0.05, 0) is 29.3 Å². The van der Waals surface area contributed by atoms with Gasteiger partial charge in [-0.25, -0.2) is 0 Å². The molecule has 0 saturated carbocycles. The van der Waals surface area contributed by atoms with Crippen LogP contribution < -0.4 is 9.47 Å². The zero-order valence-electron chi connectivity index (χ0n) is 12.8. The standard InChI is InChI=1S/C17H14ClF2NO3/c1-23-14-7-3-5-11(15(14)24-17(19)20)16(22)21-8-10-4-2-6-13(18)12(10)9-21/h2-7,17H,8-9H2,1H3. The van der Waals surface area contributed by atoms with E-state index in [0.717, 1.165) is 11.1 Å². The van der Waals surface area contributed by atoms with E-state index in [-0.39, 0.29) is 17.1 Å². The Kier molecular flexibility index (Phi) is 4.57. The first-order valence-corrected chi connectivity index (χ1v) is 7.56. The van der Waals surface area contributed by atoms with E-state index in [1.165, 1.54) is 24.1 Å². The SMILES string of the molecule is COc1cccc(C(=O)N2Cc3cccc(Cl)c3C2)c1OC(F)F. The molecule has 0 aliphatic carbocycles. The van der Waals surface area contributed by atoms with Gasteiger partial charge < -0.3 is 14.4 Å². The number of amides is 1. The molecule has 3 rings (SSSR count). The molecule has 0 N–H and O–H groups in total. The predicted molar refractivity (Wildman–Crippen MR) is 84.7 cm³/mol. The van der Waals surface area contributed by atoms with Crippen LogP contribution >= 0.6 is 11.6 Å². The van der Waals surface area contributed by atoms with Gasteiger partial charge in [0.1, 0.15) is 0 Å². The molecule has 1 amide bonds. The van der Waals surface area contributed by atoms with Gasteiger partial charge in [-0.1, -0.05) is 29.8 Å². The van der Waals surface area contributed by atoms with E-state index in [2.05, 4.69) is 4.74 Å². The van der Waals surface area contributed by atoms with Gasteiger partial charge in [0.2, 0.25) is 0 Å². The molecule has 1 aliphatic rings. The van der Waals surface area contributed by atoms with Crippen LogP contribution in [0.5, 0.6) is 11.5 Å². The molecule has 126 valence electrons. The number of nitrogens with zero attached hydrogens (tertiary/aromatic N) is 1. The number of carbonyl (C=O) groups excluding carboxylic acids is 1. The lowest BCUT2D eigenvalue weighted by atomic mass is 10.1. The summed E-state index contributed by atoms with van der Waals surface area (Å²) in [5.74, 6) is -0.602. The molecule has 0 radical (unpaired) electrons.